The molecule has 0 aliphatic carbocycles. The van der Waals surface area contributed by atoms with E-state index in [9.17, 15) is 4.79 Å². The van der Waals surface area contributed by atoms with Gasteiger partial charge in [0.05, 0.1) is 23.1 Å². The highest BCUT2D eigenvalue weighted by molar-refractivity contribution is 6.32. The number of nitrogens with zero attached hydrogens (tertiary/aromatic N) is 3. The first-order valence-electron chi connectivity index (χ1n) is 7.75. The van der Waals surface area contributed by atoms with E-state index in [0.717, 1.165) is 25.1 Å². The molecular weight excluding hydrogens is 314 g/mol. The van der Waals surface area contributed by atoms with Gasteiger partial charge in [-0.25, -0.2) is 0 Å². The molecule has 23 heavy (non-hydrogen) atoms. The predicted octanol–water partition coefficient (Wildman–Crippen LogP) is 2.53. The average Bonchev–Trinajstić information content (AvgIpc) is 2.59. The lowest BCUT2D eigenvalue weighted by atomic mass is 9.96. The van der Waals surface area contributed by atoms with Crippen LogP contribution in [-0.2, 0) is 9.53 Å². The van der Waals surface area contributed by atoms with Gasteiger partial charge in [-0.3, -0.25) is 4.79 Å². The van der Waals surface area contributed by atoms with Gasteiger partial charge in [-0.15, -0.1) is 0 Å². The molecule has 1 aliphatic heterocycles. The molecule has 5 nitrogen and oxygen atoms in total. The van der Waals surface area contributed by atoms with E-state index in [1.165, 1.54) is 0 Å². The van der Waals surface area contributed by atoms with Crippen LogP contribution < -0.4 is 4.90 Å². The highest BCUT2D eigenvalue weighted by Gasteiger charge is 2.28. The number of nitriles is 1. The number of halogens is 1. The number of methoxy groups -OCH3 is 1. The van der Waals surface area contributed by atoms with Crippen LogP contribution in [0.15, 0.2) is 18.2 Å². The van der Waals surface area contributed by atoms with Gasteiger partial charge in [0.1, 0.15) is 6.07 Å². The van der Waals surface area contributed by atoms with Crippen molar-refractivity contribution in [1.29, 1.82) is 5.26 Å². The summed E-state index contributed by atoms with van der Waals surface area (Å²) in [6.07, 6.45) is 1.86. The van der Waals surface area contributed by atoms with Crippen LogP contribution in [0.2, 0.25) is 5.02 Å². The minimum Gasteiger partial charge on any atom is -0.383 e. The van der Waals surface area contributed by atoms with Crippen LogP contribution in [0.4, 0.5) is 5.69 Å². The van der Waals surface area contributed by atoms with E-state index in [1.54, 1.807) is 18.1 Å². The van der Waals surface area contributed by atoms with Gasteiger partial charge in [0.15, 0.2) is 0 Å². The normalized spacial score (nSPS) is 17.7. The molecule has 0 bridgehead atoms. The molecule has 1 aromatic carbocycles. The molecule has 1 saturated heterocycles. The Bertz CT molecular complexity index is 600. The Hall–Kier alpha value is -1.77. The lowest BCUT2D eigenvalue weighted by Gasteiger charge is -2.35. The molecule has 1 heterocycles. The van der Waals surface area contributed by atoms with Crippen molar-refractivity contribution in [2.24, 2.45) is 5.92 Å². The Kier molecular flexibility index (Phi) is 6.26. The lowest BCUT2D eigenvalue weighted by molar-refractivity contribution is -0.135. The molecule has 2 rings (SSSR count). The van der Waals surface area contributed by atoms with Gasteiger partial charge >= 0.3 is 0 Å². The molecule has 6 heteroatoms. The predicted molar refractivity (Wildman–Crippen MR) is 90.6 cm³/mol. The minimum absolute atomic E-state index is 0.0139. The number of carbonyl (C=O) groups excluding carboxylic acids is 1. The molecule has 1 amide bonds. The van der Waals surface area contributed by atoms with E-state index >= 15 is 0 Å². The summed E-state index contributed by atoms with van der Waals surface area (Å²) in [5, 5.41) is 9.41. The van der Waals surface area contributed by atoms with E-state index in [4.69, 9.17) is 21.6 Å². The van der Waals surface area contributed by atoms with Gasteiger partial charge in [-0.05, 0) is 31.0 Å². The molecule has 0 saturated carbocycles. The Balaban J connectivity index is 2.04. The Labute approximate surface area is 142 Å². The third kappa shape index (κ3) is 4.37. The largest absolute Gasteiger partial charge is 0.383 e. The number of carbonyl (C=O) groups is 1. The molecule has 0 spiro atoms. The van der Waals surface area contributed by atoms with Crippen LogP contribution in [0.1, 0.15) is 18.4 Å². The molecule has 0 unspecified atom stereocenters. The number of benzene rings is 1. The zero-order chi connectivity index (χ0) is 16.8. The molecule has 0 N–H and O–H groups in total. The molecular formula is C17H22ClN3O2. The third-order valence-corrected chi connectivity index (χ3v) is 4.53. The maximum atomic E-state index is 12.5. The highest BCUT2D eigenvalue weighted by Crippen LogP contribution is 2.28. The zero-order valence-electron chi connectivity index (χ0n) is 13.6. The van der Waals surface area contributed by atoms with E-state index in [0.29, 0.717) is 30.3 Å². The van der Waals surface area contributed by atoms with Crippen LogP contribution in [0.25, 0.3) is 0 Å². The van der Waals surface area contributed by atoms with Gasteiger partial charge in [-0.2, -0.15) is 5.26 Å². The van der Waals surface area contributed by atoms with E-state index in [-0.39, 0.29) is 11.8 Å². The Morgan fingerprint density at radius 1 is 1.57 bits per heavy atom. The second kappa shape index (κ2) is 8.19. The zero-order valence-corrected chi connectivity index (χ0v) is 14.3. The minimum atomic E-state index is -0.0139. The molecule has 1 atom stereocenters. The van der Waals surface area contributed by atoms with Gasteiger partial charge < -0.3 is 14.5 Å². The smallest absolute Gasteiger partial charge is 0.227 e. The van der Waals surface area contributed by atoms with E-state index in [2.05, 4.69) is 11.0 Å². The number of hydrogen-bond donors (Lipinski definition) is 0. The second-order valence-corrected chi connectivity index (χ2v) is 6.22. The molecule has 1 aromatic rings. The van der Waals surface area contributed by atoms with Crippen LogP contribution >= 0.6 is 11.6 Å². The van der Waals surface area contributed by atoms with Crippen molar-refractivity contribution in [3.63, 3.8) is 0 Å². The van der Waals surface area contributed by atoms with Crippen molar-refractivity contribution in [1.82, 2.24) is 4.90 Å². The molecule has 124 valence electrons. The fourth-order valence-corrected chi connectivity index (χ4v) is 3.07. The van der Waals surface area contributed by atoms with Gasteiger partial charge in [-0.1, -0.05) is 11.6 Å². The van der Waals surface area contributed by atoms with Crippen molar-refractivity contribution in [3.8, 4) is 6.07 Å². The van der Waals surface area contributed by atoms with Gasteiger partial charge in [0, 0.05) is 39.5 Å². The number of piperidine rings is 1. The van der Waals surface area contributed by atoms with Gasteiger partial charge in [0.25, 0.3) is 0 Å². The monoisotopic (exact) mass is 335 g/mol. The summed E-state index contributed by atoms with van der Waals surface area (Å²) >= 11 is 6.12. The summed E-state index contributed by atoms with van der Waals surface area (Å²) in [6.45, 7) is 2.73. The molecule has 0 aromatic heterocycles. The number of hydrogen-bond acceptors (Lipinski definition) is 4. The van der Waals surface area contributed by atoms with Crippen LogP contribution in [0, 0.1) is 17.2 Å². The van der Waals surface area contributed by atoms with Crippen molar-refractivity contribution < 1.29 is 9.53 Å². The Morgan fingerprint density at radius 2 is 2.35 bits per heavy atom. The van der Waals surface area contributed by atoms with Crippen molar-refractivity contribution in [2.75, 3.05) is 45.3 Å². The number of anilines is 1. The summed E-state index contributed by atoms with van der Waals surface area (Å²) in [7, 11) is 3.45. The first-order valence-corrected chi connectivity index (χ1v) is 8.13. The van der Waals surface area contributed by atoms with E-state index < -0.39 is 0 Å². The van der Waals surface area contributed by atoms with Crippen molar-refractivity contribution in [2.45, 2.75) is 12.8 Å². The van der Waals surface area contributed by atoms with Crippen LogP contribution in [0.3, 0.4) is 0 Å². The SMILES string of the molecule is COCCN(C)C(=O)[C@H]1CCCN(c2ccc(C#N)c(Cl)c2)C1. The number of ether oxygens (including phenoxy) is 1. The van der Waals surface area contributed by atoms with Crippen molar-refractivity contribution in [3.05, 3.63) is 28.8 Å². The summed E-state index contributed by atoms with van der Waals surface area (Å²) in [5.41, 5.74) is 1.44. The molecule has 0 radical (unpaired) electrons. The number of rotatable bonds is 5. The fourth-order valence-electron chi connectivity index (χ4n) is 2.85. The first kappa shape index (κ1) is 17.6. The quantitative estimate of drug-likeness (QED) is 0.829. The summed E-state index contributed by atoms with van der Waals surface area (Å²) in [4.78, 5) is 16.4. The lowest BCUT2D eigenvalue weighted by Crippen LogP contribution is -2.44. The summed E-state index contributed by atoms with van der Waals surface area (Å²) < 4.78 is 5.03. The number of likely N-dealkylation sites (N-methyl/N-ethyl adjacent to an activating group) is 1. The van der Waals surface area contributed by atoms with Crippen LogP contribution in [0.5, 0.6) is 0 Å². The fraction of sp³-hybridized carbons (Fsp3) is 0.529. The summed E-state index contributed by atoms with van der Waals surface area (Å²) in [6, 6.07) is 7.50. The van der Waals surface area contributed by atoms with E-state index in [1.807, 2.05) is 19.2 Å². The number of amides is 1. The standard InChI is InChI=1S/C17H22ClN3O2/c1-20(8-9-23-2)17(22)14-4-3-7-21(12-14)15-6-5-13(11-19)16(18)10-15/h5-6,10,14H,3-4,7-9,12H2,1-2H3/t14-/m0/s1. The van der Waals surface area contributed by atoms with Crippen LogP contribution in [-0.4, -0.2) is 51.2 Å². The Morgan fingerprint density at radius 3 is 3.00 bits per heavy atom. The topological polar surface area (TPSA) is 56.6 Å². The average molecular weight is 336 g/mol. The maximum Gasteiger partial charge on any atom is 0.227 e. The molecule has 1 fully saturated rings. The highest BCUT2D eigenvalue weighted by atomic mass is 35.5. The van der Waals surface area contributed by atoms with Gasteiger partial charge in [0.2, 0.25) is 5.91 Å². The second-order valence-electron chi connectivity index (χ2n) is 5.81. The first-order chi connectivity index (χ1) is 11.1. The molecule has 1 aliphatic rings. The maximum absolute atomic E-state index is 12.5. The summed E-state index contributed by atoms with van der Waals surface area (Å²) in [5.74, 6) is 0.145. The third-order valence-electron chi connectivity index (χ3n) is 4.22. The van der Waals surface area contributed by atoms with Crippen molar-refractivity contribution >= 4 is 23.2 Å².